The highest BCUT2D eigenvalue weighted by Crippen LogP contribution is 2.12. The Morgan fingerprint density at radius 2 is 2.00 bits per heavy atom. The first-order valence-corrected chi connectivity index (χ1v) is 6.46. The van der Waals surface area contributed by atoms with Crippen LogP contribution >= 0.6 is 0 Å². The molecule has 0 radical (unpaired) electrons. The van der Waals surface area contributed by atoms with Gasteiger partial charge in [-0.25, -0.2) is 0 Å². The lowest BCUT2D eigenvalue weighted by Gasteiger charge is -2.15. The summed E-state index contributed by atoms with van der Waals surface area (Å²) in [6, 6.07) is 10.6. The van der Waals surface area contributed by atoms with E-state index in [1.165, 1.54) is 5.56 Å². The molecule has 0 amide bonds. The second-order valence-corrected chi connectivity index (χ2v) is 4.58. The number of hydrogen-bond acceptors (Lipinski definition) is 3. The molecule has 1 aromatic carbocycles. The second-order valence-electron chi connectivity index (χ2n) is 4.58. The zero-order valence-electron chi connectivity index (χ0n) is 10.4. The highest BCUT2D eigenvalue weighted by atomic mass is 16.5. The molecule has 0 saturated heterocycles. The molecule has 1 aliphatic heterocycles. The van der Waals surface area contributed by atoms with E-state index >= 15 is 0 Å². The smallest absolute Gasteiger partial charge is 0.159 e. The average molecular weight is 243 g/mol. The van der Waals surface area contributed by atoms with Crippen LogP contribution in [0.25, 0.3) is 0 Å². The summed E-state index contributed by atoms with van der Waals surface area (Å²) in [5.74, 6) is 2.07. The van der Waals surface area contributed by atoms with Crippen molar-refractivity contribution in [3.63, 3.8) is 0 Å². The fraction of sp³-hybridized carbons (Fsp3) is 0.429. The minimum Gasteiger partial charge on any atom is -0.372 e. The van der Waals surface area contributed by atoms with Gasteiger partial charge in [-0.3, -0.25) is 0 Å². The molecule has 2 heterocycles. The van der Waals surface area contributed by atoms with Gasteiger partial charge in [-0.15, -0.1) is 10.2 Å². The van der Waals surface area contributed by atoms with Gasteiger partial charge in [0.1, 0.15) is 12.4 Å². The van der Waals surface area contributed by atoms with Gasteiger partial charge in [0.15, 0.2) is 5.82 Å². The quantitative estimate of drug-likeness (QED) is 0.824. The molecule has 2 aromatic rings. The number of aryl methyl sites for hydroxylation is 2. The number of ether oxygens (including phenoxy) is 1. The van der Waals surface area contributed by atoms with Gasteiger partial charge in [0, 0.05) is 13.0 Å². The highest BCUT2D eigenvalue weighted by molar-refractivity contribution is 5.14. The van der Waals surface area contributed by atoms with Crippen molar-refractivity contribution >= 4 is 0 Å². The lowest BCUT2D eigenvalue weighted by atomic mass is 10.1. The summed E-state index contributed by atoms with van der Waals surface area (Å²) >= 11 is 0. The van der Waals surface area contributed by atoms with E-state index in [9.17, 15) is 0 Å². The van der Waals surface area contributed by atoms with Crippen molar-refractivity contribution in [3.8, 4) is 0 Å². The topological polar surface area (TPSA) is 39.9 Å². The Morgan fingerprint density at radius 1 is 1.11 bits per heavy atom. The molecule has 18 heavy (non-hydrogen) atoms. The van der Waals surface area contributed by atoms with Crippen LogP contribution in [0.5, 0.6) is 0 Å². The largest absolute Gasteiger partial charge is 0.372 e. The molecule has 0 aliphatic carbocycles. The van der Waals surface area contributed by atoms with Gasteiger partial charge >= 0.3 is 0 Å². The predicted octanol–water partition coefficient (Wildman–Crippen LogP) is 1.98. The van der Waals surface area contributed by atoms with E-state index in [-0.39, 0.29) is 0 Å². The second kappa shape index (κ2) is 5.31. The molecule has 0 fully saturated rings. The average Bonchev–Trinajstić information content (AvgIpc) is 2.84. The zero-order chi connectivity index (χ0) is 12.2. The molecule has 0 N–H and O–H groups in total. The third-order valence-corrected chi connectivity index (χ3v) is 3.30. The summed E-state index contributed by atoms with van der Waals surface area (Å²) in [6.45, 7) is 2.27. The summed E-state index contributed by atoms with van der Waals surface area (Å²) in [6.07, 6.45) is 3.20. The zero-order valence-corrected chi connectivity index (χ0v) is 10.4. The van der Waals surface area contributed by atoms with Crippen LogP contribution < -0.4 is 0 Å². The Hall–Kier alpha value is -1.68. The molecule has 4 heteroatoms. The first-order valence-electron chi connectivity index (χ1n) is 6.46. The summed E-state index contributed by atoms with van der Waals surface area (Å²) in [5.41, 5.74) is 1.39. The van der Waals surface area contributed by atoms with E-state index in [1.807, 2.05) is 0 Å². The van der Waals surface area contributed by atoms with Crippen LogP contribution in [0.2, 0.25) is 0 Å². The molecule has 0 bridgehead atoms. The van der Waals surface area contributed by atoms with E-state index in [0.29, 0.717) is 6.61 Å². The van der Waals surface area contributed by atoms with Crippen LogP contribution in [0.1, 0.15) is 23.6 Å². The van der Waals surface area contributed by atoms with Crippen molar-refractivity contribution in [1.29, 1.82) is 0 Å². The van der Waals surface area contributed by atoms with Gasteiger partial charge in [0.05, 0.1) is 6.61 Å². The fourth-order valence-electron chi connectivity index (χ4n) is 2.34. The lowest BCUT2D eigenvalue weighted by Crippen LogP contribution is -2.18. The molecular weight excluding hydrogens is 226 g/mol. The van der Waals surface area contributed by atoms with Crippen LogP contribution in [-0.4, -0.2) is 21.4 Å². The molecule has 0 saturated carbocycles. The monoisotopic (exact) mass is 243 g/mol. The maximum Gasteiger partial charge on any atom is 0.159 e. The van der Waals surface area contributed by atoms with Crippen molar-refractivity contribution in [3.05, 3.63) is 47.5 Å². The highest BCUT2D eigenvalue weighted by Gasteiger charge is 2.15. The van der Waals surface area contributed by atoms with Crippen molar-refractivity contribution in [1.82, 2.24) is 14.8 Å². The van der Waals surface area contributed by atoms with Crippen LogP contribution in [0, 0.1) is 0 Å². The number of rotatable bonds is 4. The minimum absolute atomic E-state index is 0.603. The van der Waals surface area contributed by atoms with Crippen molar-refractivity contribution in [2.24, 2.45) is 0 Å². The molecule has 1 aliphatic rings. The molecule has 0 atom stereocenters. The lowest BCUT2D eigenvalue weighted by molar-refractivity contribution is 0.0806. The van der Waals surface area contributed by atoms with Gasteiger partial charge in [-0.05, 0) is 18.4 Å². The van der Waals surface area contributed by atoms with Crippen LogP contribution in [0.15, 0.2) is 30.3 Å². The van der Waals surface area contributed by atoms with Gasteiger partial charge in [-0.1, -0.05) is 30.3 Å². The Bertz CT molecular complexity index is 507. The standard InChI is InChI=1S/C14H17N3O/c1-2-5-12(6-3-1)7-4-8-13-15-16-14-11-18-10-9-17(13)14/h1-3,5-6H,4,7-11H2. The van der Waals surface area contributed by atoms with Crippen molar-refractivity contribution in [2.75, 3.05) is 6.61 Å². The number of nitrogens with zero attached hydrogens (tertiary/aromatic N) is 3. The van der Waals surface area contributed by atoms with Crippen molar-refractivity contribution in [2.45, 2.75) is 32.4 Å². The first-order chi connectivity index (χ1) is 8.93. The summed E-state index contributed by atoms with van der Waals surface area (Å²) in [7, 11) is 0. The maximum absolute atomic E-state index is 5.36. The third kappa shape index (κ3) is 2.43. The van der Waals surface area contributed by atoms with Gasteiger partial charge < -0.3 is 9.30 Å². The molecular formula is C14H17N3O. The molecule has 94 valence electrons. The normalized spacial score (nSPS) is 14.4. The molecule has 0 unspecified atom stereocenters. The van der Waals surface area contributed by atoms with Gasteiger partial charge in [-0.2, -0.15) is 0 Å². The Morgan fingerprint density at radius 3 is 2.89 bits per heavy atom. The number of aromatic nitrogens is 3. The molecule has 1 aromatic heterocycles. The summed E-state index contributed by atoms with van der Waals surface area (Å²) in [5, 5.41) is 8.43. The van der Waals surface area contributed by atoms with Crippen molar-refractivity contribution < 1.29 is 4.74 Å². The Kier molecular flexibility index (Phi) is 3.37. The number of benzene rings is 1. The minimum atomic E-state index is 0.603. The van der Waals surface area contributed by atoms with Gasteiger partial charge in [0.2, 0.25) is 0 Å². The van der Waals surface area contributed by atoms with Crippen LogP contribution in [0.3, 0.4) is 0 Å². The summed E-state index contributed by atoms with van der Waals surface area (Å²) in [4.78, 5) is 0. The van der Waals surface area contributed by atoms with E-state index in [4.69, 9.17) is 4.74 Å². The number of hydrogen-bond donors (Lipinski definition) is 0. The molecule has 0 spiro atoms. The van der Waals surface area contributed by atoms with Crippen LogP contribution in [-0.2, 0) is 30.7 Å². The molecule has 3 rings (SSSR count). The SMILES string of the molecule is c1ccc(CCCc2nnc3n2CCOC3)cc1. The first kappa shape index (κ1) is 11.4. The summed E-state index contributed by atoms with van der Waals surface area (Å²) < 4.78 is 7.56. The van der Waals surface area contributed by atoms with E-state index in [0.717, 1.165) is 44.1 Å². The Labute approximate surface area is 107 Å². The fourth-order valence-corrected chi connectivity index (χ4v) is 2.34. The Balaban J connectivity index is 1.59. The predicted molar refractivity (Wildman–Crippen MR) is 68.1 cm³/mol. The number of fused-ring (bicyclic) bond motifs is 1. The van der Waals surface area contributed by atoms with E-state index < -0.39 is 0 Å². The van der Waals surface area contributed by atoms with Gasteiger partial charge in [0.25, 0.3) is 0 Å². The third-order valence-electron chi connectivity index (χ3n) is 3.30. The maximum atomic E-state index is 5.36. The van der Waals surface area contributed by atoms with E-state index in [2.05, 4.69) is 45.1 Å². The van der Waals surface area contributed by atoms with Crippen LogP contribution in [0.4, 0.5) is 0 Å². The van der Waals surface area contributed by atoms with E-state index in [1.54, 1.807) is 0 Å². The molecule has 4 nitrogen and oxygen atoms in total.